The SMILES string of the molecule is CC1(C)c2ccccc2N2CCC(=O)NC21C=Cc1cccc(Br)c1. The van der Waals surface area contributed by atoms with Crippen LogP contribution < -0.4 is 10.2 Å². The maximum atomic E-state index is 12.3. The van der Waals surface area contributed by atoms with Gasteiger partial charge in [-0.15, -0.1) is 0 Å². The van der Waals surface area contributed by atoms with Gasteiger partial charge in [0, 0.05) is 28.5 Å². The fraction of sp³-hybridized carbons (Fsp3) is 0.286. The van der Waals surface area contributed by atoms with Crippen molar-refractivity contribution in [3.8, 4) is 0 Å². The molecule has 1 saturated heterocycles. The van der Waals surface area contributed by atoms with E-state index in [1.165, 1.54) is 11.3 Å². The first kappa shape index (κ1) is 16.4. The van der Waals surface area contributed by atoms with Crippen molar-refractivity contribution in [3.63, 3.8) is 0 Å². The highest BCUT2D eigenvalue weighted by Crippen LogP contribution is 2.52. The number of hydrogen-bond donors (Lipinski definition) is 1. The topological polar surface area (TPSA) is 32.3 Å². The van der Waals surface area contributed by atoms with Crippen LogP contribution >= 0.6 is 15.9 Å². The molecule has 1 atom stereocenters. The first-order valence-corrected chi connectivity index (χ1v) is 9.36. The Morgan fingerprint density at radius 3 is 2.76 bits per heavy atom. The predicted molar refractivity (Wildman–Crippen MR) is 105 cm³/mol. The van der Waals surface area contributed by atoms with E-state index in [0.717, 1.165) is 16.6 Å². The molecule has 25 heavy (non-hydrogen) atoms. The molecule has 1 fully saturated rings. The molecular weight excluding hydrogens is 376 g/mol. The second kappa shape index (κ2) is 5.73. The zero-order chi connectivity index (χ0) is 17.7. The van der Waals surface area contributed by atoms with Gasteiger partial charge in [-0.25, -0.2) is 0 Å². The van der Waals surface area contributed by atoms with Gasteiger partial charge in [0.1, 0.15) is 5.66 Å². The maximum absolute atomic E-state index is 12.3. The van der Waals surface area contributed by atoms with E-state index < -0.39 is 5.66 Å². The Morgan fingerprint density at radius 2 is 1.96 bits per heavy atom. The van der Waals surface area contributed by atoms with Crippen molar-refractivity contribution in [1.29, 1.82) is 0 Å². The molecule has 0 bridgehead atoms. The van der Waals surface area contributed by atoms with Gasteiger partial charge in [-0.2, -0.15) is 0 Å². The van der Waals surface area contributed by atoms with Gasteiger partial charge in [0.25, 0.3) is 0 Å². The summed E-state index contributed by atoms with van der Waals surface area (Å²) < 4.78 is 1.05. The summed E-state index contributed by atoms with van der Waals surface area (Å²) in [5, 5.41) is 3.30. The summed E-state index contributed by atoms with van der Waals surface area (Å²) in [5.74, 6) is 0.107. The van der Waals surface area contributed by atoms with Crippen LogP contribution in [-0.4, -0.2) is 18.1 Å². The van der Waals surface area contributed by atoms with Crippen LogP contribution in [0.1, 0.15) is 31.4 Å². The van der Waals surface area contributed by atoms with E-state index in [0.29, 0.717) is 6.42 Å². The lowest BCUT2D eigenvalue weighted by atomic mass is 9.74. The minimum Gasteiger partial charge on any atom is -0.344 e. The second-order valence-corrected chi connectivity index (χ2v) is 8.16. The Labute approximate surface area is 156 Å². The van der Waals surface area contributed by atoms with E-state index in [4.69, 9.17) is 0 Å². The molecule has 1 N–H and O–H groups in total. The Morgan fingerprint density at radius 1 is 1.16 bits per heavy atom. The lowest BCUT2D eigenvalue weighted by Crippen LogP contribution is -2.68. The molecule has 2 aliphatic heterocycles. The van der Waals surface area contributed by atoms with E-state index in [9.17, 15) is 4.79 Å². The summed E-state index contributed by atoms with van der Waals surface area (Å²) in [5.41, 5.74) is 2.81. The van der Waals surface area contributed by atoms with E-state index in [-0.39, 0.29) is 11.3 Å². The van der Waals surface area contributed by atoms with Gasteiger partial charge in [-0.3, -0.25) is 4.79 Å². The summed E-state index contributed by atoms with van der Waals surface area (Å²) in [6.45, 7) is 5.15. The smallest absolute Gasteiger partial charge is 0.223 e. The van der Waals surface area contributed by atoms with E-state index in [1.807, 2.05) is 12.1 Å². The third kappa shape index (κ3) is 2.43. The fourth-order valence-electron chi connectivity index (χ4n) is 4.15. The summed E-state index contributed by atoms with van der Waals surface area (Å²) in [6, 6.07) is 16.7. The third-order valence-electron chi connectivity index (χ3n) is 5.50. The van der Waals surface area contributed by atoms with Crippen molar-refractivity contribution >= 4 is 33.6 Å². The molecule has 4 rings (SSSR count). The molecular formula is C21H21BrN2O. The second-order valence-electron chi connectivity index (χ2n) is 7.25. The van der Waals surface area contributed by atoms with Crippen LogP contribution in [0.15, 0.2) is 59.1 Å². The Kier molecular flexibility index (Phi) is 3.76. The Bertz CT molecular complexity index is 874. The van der Waals surface area contributed by atoms with Gasteiger partial charge in [-0.1, -0.05) is 66.2 Å². The minimum atomic E-state index is -0.547. The molecule has 1 amide bonds. The van der Waals surface area contributed by atoms with Gasteiger partial charge in [0.15, 0.2) is 0 Å². The maximum Gasteiger partial charge on any atom is 0.223 e. The number of anilines is 1. The number of carbonyl (C=O) groups is 1. The molecule has 0 radical (unpaired) electrons. The van der Waals surface area contributed by atoms with Crippen molar-refractivity contribution in [2.75, 3.05) is 11.4 Å². The lowest BCUT2D eigenvalue weighted by molar-refractivity contribution is -0.124. The zero-order valence-corrected chi connectivity index (χ0v) is 16.0. The lowest BCUT2D eigenvalue weighted by Gasteiger charge is -2.49. The predicted octanol–water partition coefficient (Wildman–Crippen LogP) is 4.48. The van der Waals surface area contributed by atoms with Crippen LogP contribution in [0.3, 0.4) is 0 Å². The van der Waals surface area contributed by atoms with Crippen LogP contribution in [0.4, 0.5) is 5.69 Å². The van der Waals surface area contributed by atoms with Crippen molar-refractivity contribution in [1.82, 2.24) is 5.32 Å². The molecule has 0 aliphatic carbocycles. The van der Waals surface area contributed by atoms with Gasteiger partial charge >= 0.3 is 0 Å². The first-order chi connectivity index (χ1) is 11.9. The van der Waals surface area contributed by atoms with Crippen molar-refractivity contribution in [3.05, 3.63) is 70.2 Å². The molecule has 128 valence electrons. The van der Waals surface area contributed by atoms with E-state index in [2.05, 4.69) is 88.5 Å². The number of benzene rings is 2. The Hall–Kier alpha value is -2.07. The van der Waals surface area contributed by atoms with Crippen LogP contribution in [0.25, 0.3) is 6.08 Å². The largest absolute Gasteiger partial charge is 0.344 e. The van der Waals surface area contributed by atoms with Crippen molar-refractivity contribution in [2.24, 2.45) is 0 Å². The van der Waals surface area contributed by atoms with Crippen LogP contribution in [-0.2, 0) is 10.2 Å². The quantitative estimate of drug-likeness (QED) is 0.811. The van der Waals surface area contributed by atoms with E-state index >= 15 is 0 Å². The highest BCUT2D eigenvalue weighted by Gasteiger charge is 2.57. The summed E-state index contributed by atoms with van der Waals surface area (Å²) in [6.07, 6.45) is 4.79. The van der Waals surface area contributed by atoms with Crippen molar-refractivity contribution in [2.45, 2.75) is 31.3 Å². The number of para-hydroxylation sites is 1. The van der Waals surface area contributed by atoms with Gasteiger partial charge < -0.3 is 10.2 Å². The van der Waals surface area contributed by atoms with Gasteiger partial charge in [0.05, 0.1) is 0 Å². The average molecular weight is 397 g/mol. The molecule has 3 nitrogen and oxygen atoms in total. The summed E-state index contributed by atoms with van der Waals surface area (Å²) in [7, 11) is 0. The molecule has 1 unspecified atom stereocenters. The fourth-order valence-corrected chi connectivity index (χ4v) is 4.56. The van der Waals surface area contributed by atoms with E-state index in [1.54, 1.807) is 0 Å². The number of halogens is 1. The average Bonchev–Trinajstić information content (AvgIpc) is 2.78. The Balaban J connectivity index is 1.85. The zero-order valence-electron chi connectivity index (χ0n) is 14.4. The number of hydrogen-bond acceptors (Lipinski definition) is 2. The molecule has 2 heterocycles. The molecule has 2 aromatic rings. The van der Waals surface area contributed by atoms with Gasteiger partial charge in [0.2, 0.25) is 5.91 Å². The molecule has 2 aromatic carbocycles. The number of carbonyl (C=O) groups excluding carboxylic acids is 1. The van der Waals surface area contributed by atoms with Gasteiger partial charge in [-0.05, 0) is 35.4 Å². The summed E-state index contributed by atoms with van der Waals surface area (Å²) >= 11 is 3.52. The number of rotatable bonds is 2. The molecule has 0 spiro atoms. The highest BCUT2D eigenvalue weighted by atomic mass is 79.9. The molecule has 2 aliphatic rings. The standard InChI is InChI=1S/C21H21BrN2O/c1-20(2)17-8-3-4-9-18(17)24-13-11-19(25)23-21(20,24)12-10-15-6-5-7-16(22)14-15/h3-10,12,14H,11,13H2,1-2H3,(H,23,25). The number of fused-ring (bicyclic) bond motifs is 3. The van der Waals surface area contributed by atoms with Crippen LogP contribution in [0.2, 0.25) is 0 Å². The number of amides is 1. The number of nitrogens with one attached hydrogen (secondary N) is 1. The summed E-state index contributed by atoms with van der Waals surface area (Å²) in [4.78, 5) is 14.7. The third-order valence-corrected chi connectivity index (χ3v) is 6.00. The van der Waals surface area contributed by atoms with Crippen LogP contribution in [0, 0.1) is 0 Å². The molecule has 4 heteroatoms. The monoisotopic (exact) mass is 396 g/mol. The highest BCUT2D eigenvalue weighted by molar-refractivity contribution is 9.10. The van der Waals surface area contributed by atoms with Crippen molar-refractivity contribution < 1.29 is 4.79 Å². The van der Waals surface area contributed by atoms with Crippen LogP contribution in [0.5, 0.6) is 0 Å². The number of nitrogens with zero attached hydrogens (tertiary/aromatic N) is 1. The minimum absolute atomic E-state index is 0.107. The normalized spacial score (nSPS) is 24.1. The molecule has 0 aromatic heterocycles. The first-order valence-electron chi connectivity index (χ1n) is 8.57. The molecule has 0 saturated carbocycles.